The van der Waals surface area contributed by atoms with E-state index in [1.165, 1.54) is 0 Å². The number of hydrogen-bond acceptors (Lipinski definition) is 4. The summed E-state index contributed by atoms with van der Waals surface area (Å²) in [6.07, 6.45) is 0.567. The Morgan fingerprint density at radius 2 is 1.61 bits per heavy atom. The molecule has 0 bridgehead atoms. The highest BCUT2D eigenvalue weighted by Gasteiger charge is 2.26. The molecule has 150 valence electrons. The molecule has 0 spiro atoms. The number of anilines is 1. The van der Waals surface area contributed by atoms with Gasteiger partial charge in [0.2, 0.25) is 5.91 Å². The van der Waals surface area contributed by atoms with Gasteiger partial charge in [-0.3, -0.25) is 9.59 Å². The molecule has 0 radical (unpaired) electrons. The minimum atomic E-state index is -0.538. The van der Waals surface area contributed by atoms with Crippen molar-refractivity contribution in [3.05, 3.63) is 60.2 Å². The van der Waals surface area contributed by atoms with Crippen molar-refractivity contribution >= 4 is 17.6 Å². The summed E-state index contributed by atoms with van der Waals surface area (Å²) in [5.74, 6) is -0.0665. The van der Waals surface area contributed by atoms with Crippen LogP contribution in [-0.4, -0.2) is 31.6 Å². The lowest BCUT2D eigenvalue weighted by molar-refractivity contribution is -0.155. The first-order valence-corrected chi connectivity index (χ1v) is 9.39. The molecular weight excluding hydrogens is 354 g/mol. The van der Waals surface area contributed by atoms with Crippen LogP contribution >= 0.6 is 0 Å². The Kier molecular flexibility index (Phi) is 7.21. The Bertz CT molecular complexity index is 778. The lowest BCUT2D eigenvalue weighted by atomic mass is 9.92. The van der Waals surface area contributed by atoms with Crippen LogP contribution in [0.5, 0.6) is 5.75 Å². The van der Waals surface area contributed by atoms with Crippen molar-refractivity contribution in [2.75, 3.05) is 19.1 Å². The predicted octanol–water partition coefficient (Wildman–Crippen LogP) is 4.56. The van der Waals surface area contributed by atoms with Crippen molar-refractivity contribution in [1.82, 2.24) is 0 Å². The zero-order valence-corrected chi connectivity index (χ0v) is 17.3. The third kappa shape index (κ3) is 6.12. The molecule has 2 aromatic rings. The maximum atomic E-state index is 13.2. The summed E-state index contributed by atoms with van der Waals surface area (Å²) in [7, 11) is 3.35. The normalized spacial score (nSPS) is 12.2. The Morgan fingerprint density at radius 3 is 2.14 bits per heavy atom. The first-order chi connectivity index (χ1) is 13.2. The van der Waals surface area contributed by atoms with Crippen LogP contribution in [0, 0.1) is 0 Å². The number of nitrogens with zero attached hydrogens (tertiary/aromatic N) is 1. The number of likely N-dealkylation sites (N-methyl/N-ethyl adjacent to an activating group) is 1. The molecule has 0 saturated heterocycles. The monoisotopic (exact) mass is 383 g/mol. The summed E-state index contributed by atoms with van der Waals surface area (Å²) < 4.78 is 10.6. The Hall–Kier alpha value is -2.82. The fourth-order valence-corrected chi connectivity index (χ4v) is 2.94. The number of carbonyl (C=O) groups is 2. The molecule has 5 heteroatoms. The van der Waals surface area contributed by atoms with Crippen LogP contribution in [-0.2, 0) is 14.3 Å². The summed E-state index contributed by atoms with van der Waals surface area (Å²) in [4.78, 5) is 27.0. The van der Waals surface area contributed by atoms with E-state index in [1.807, 2.05) is 75.4 Å². The molecule has 2 aromatic carbocycles. The van der Waals surface area contributed by atoms with Crippen LogP contribution in [0.1, 0.15) is 45.1 Å². The number of ether oxygens (including phenoxy) is 2. The van der Waals surface area contributed by atoms with Gasteiger partial charge in [0.25, 0.3) is 0 Å². The standard InChI is InChI=1S/C23H29NO4/c1-23(2,3)28-21(25)16-15-20(17-9-7-6-8-10-17)22(26)24(4)18-11-13-19(27-5)14-12-18/h6-14,20H,15-16H2,1-5H3/t20-/m0/s1. The van der Waals surface area contributed by atoms with Crippen molar-refractivity contribution in [2.45, 2.75) is 45.1 Å². The maximum Gasteiger partial charge on any atom is 0.306 e. The van der Waals surface area contributed by atoms with Crippen LogP contribution in [0.25, 0.3) is 0 Å². The Morgan fingerprint density at radius 1 is 1.00 bits per heavy atom. The van der Waals surface area contributed by atoms with Crippen LogP contribution in [0.2, 0.25) is 0 Å². The summed E-state index contributed by atoms with van der Waals surface area (Å²) >= 11 is 0. The van der Waals surface area contributed by atoms with E-state index in [-0.39, 0.29) is 18.3 Å². The second-order valence-corrected chi connectivity index (χ2v) is 7.68. The molecule has 5 nitrogen and oxygen atoms in total. The van der Waals surface area contributed by atoms with Crippen molar-refractivity contribution < 1.29 is 19.1 Å². The third-order valence-corrected chi connectivity index (χ3v) is 4.35. The zero-order chi connectivity index (χ0) is 20.7. The molecule has 0 fully saturated rings. The average molecular weight is 383 g/mol. The third-order valence-electron chi connectivity index (χ3n) is 4.35. The molecule has 0 aliphatic carbocycles. The highest BCUT2D eigenvalue weighted by Crippen LogP contribution is 2.27. The van der Waals surface area contributed by atoms with Gasteiger partial charge in [0.1, 0.15) is 11.4 Å². The summed E-state index contributed by atoms with van der Waals surface area (Å²) in [6, 6.07) is 16.9. The average Bonchev–Trinajstić information content (AvgIpc) is 2.67. The van der Waals surface area contributed by atoms with Crippen LogP contribution in [0.3, 0.4) is 0 Å². The van der Waals surface area contributed by atoms with Crippen molar-refractivity contribution in [3.8, 4) is 5.75 Å². The van der Waals surface area contributed by atoms with Gasteiger partial charge < -0.3 is 14.4 Å². The molecule has 1 atom stereocenters. The second kappa shape index (κ2) is 9.40. The largest absolute Gasteiger partial charge is 0.497 e. The molecular formula is C23H29NO4. The molecule has 0 saturated carbocycles. The van der Waals surface area contributed by atoms with Gasteiger partial charge in [-0.15, -0.1) is 0 Å². The van der Waals surface area contributed by atoms with Gasteiger partial charge in [-0.05, 0) is 57.0 Å². The number of carbonyl (C=O) groups excluding carboxylic acids is 2. The van der Waals surface area contributed by atoms with E-state index in [9.17, 15) is 9.59 Å². The first-order valence-electron chi connectivity index (χ1n) is 9.39. The van der Waals surface area contributed by atoms with Gasteiger partial charge in [0, 0.05) is 19.2 Å². The van der Waals surface area contributed by atoms with Crippen LogP contribution in [0.4, 0.5) is 5.69 Å². The molecule has 0 aromatic heterocycles. The maximum absolute atomic E-state index is 13.2. The fraction of sp³-hybridized carbons (Fsp3) is 0.391. The number of benzene rings is 2. The van der Waals surface area contributed by atoms with Gasteiger partial charge in [-0.1, -0.05) is 30.3 Å². The molecule has 0 aliphatic heterocycles. The number of hydrogen-bond donors (Lipinski definition) is 0. The van der Waals surface area contributed by atoms with Gasteiger partial charge in [-0.25, -0.2) is 0 Å². The molecule has 0 unspecified atom stereocenters. The minimum absolute atomic E-state index is 0.0695. The predicted molar refractivity (Wildman–Crippen MR) is 111 cm³/mol. The SMILES string of the molecule is COc1ccc(N(C)C(=O)[C@@H](CCC(=O)OC(C)(C)C)c2ccccc2)cc1. The summed E-state index contributed by atoms with van der Waals surface area (Å²) in [5.41, 5.74) is 1.11. The molecule has 1 amide bonds. The highest BCUT2D eigenvalue weighted by molar-refractivity contribution is 5.97. The number of rotatable bonds is 7. The fourth-order valence-electron chi connectivity index (χ4n) is 2.94. The summed E-state index contributed by atoms with van der Waals surface area (Å²) in [5, 5.41) is 0. The van der Waals surface area contributed by atoms with Crippen molar-refractivity contribution in [1.29, 1.82) is 0 Å². The minimum Gasteiger partial charge on any atom is -0.497 e. The van der Waals surface area contributed by atoms with E-state index in [4.69, 9.17) is 9.47 Å². The zero-order valence-electron chi connectivity index (χ0n) is 17.3. The molecule has 0 aliphatic rings. The van der Waals surface area contributed by atoms with E-state index in [2.05, 4.69) is 0 Å². The first kappa shape index (κ1) is 21.5. The Labute approximate surface area is 167 Å². The smallest absolute Gasteiger partial charge is 0.306 e. The van der Waals surface area contributed by atoms with Crippen LogP contribution in [0.15, 0.2) is 54.6 Å². The molecule has 0 heterocycles. The van der Waals surface area contributed by atoms with Gasteiger partial charge in [0.15, 0.2) is 0 Å². The van der Waals surface area contributed by atoms with Crippen LogP contribution < -0.4 is 9.64 Å². The van der Waals surface area contributed by atoms with E-state index in [0.29, 0.717) is 6.42 Å². The quantitative estimate of drug-likeness (QED) is 0.658. The molecule has 28 heavy (non-hydrogen) atoms. The van der Waals surface area contributed by atoms with E-state index in [0.717, 1.165) is 17.0 Å². The number of esters is 1. The number of amides is 1. The van der Waals surface area contributed by atoms with Gasteiger partial charge in [0.05, 0.1) is 13.0 Å². The lowest BCUT2D eigenvalue weighted by Gasteiger charge is -2.25. The van der Waals surface area contributed by atoms with E-state index in [1.54, 1.807) is 19.1 Å². The Balaban J connectivity index is 2.18. The molecule has 0 N–H and O–H groups in total. The topological polar surface area (TPSA) is 55.8 Å². The second-order valence-electron chi connectivity index (χ2n) is 7.68. The summed E-state index contributed by atoms with van der Waals surface area (Å²) in [6.45, 7) is 5.51. The van der Waals surface area contributed by atoms with Crippen molar-refractivity contribution in [2.24, 2.45) is 0 Å². The van der Waals surface area contributed by atoms with Gasteiger partial charge >= 0.3 is 5.97 Å². The van der Waals surface area contributed by atoms with E-state index < -0.39 is 11.5 Å². The van der Waals surface area contributed by atoms with Crippen molar-refractivity contribution in [3.63, 3.8) is 0 Å². The molecule has 2 rings (SSSR count). The van der Waals surface area contributed by atoms with E-state index >= 15 is 0 Å². The highest BCUT2D eigenvalue weighted by atomic mass is 16.6. The number of methoxy groups -OCH3 is 1. The lowest BCUT2D eigenvalue weighted by Crippen LogP contribution is -2.32. The van der Waals surface area contributed by atoms with Gasteiger partial charge in [-0.2, -0.15) is 0 Å².